The molecule has 1 atom stereocenters. The fourth-order valence-corrected chi connectivity index (χ4v) is 4.01. The summed E-state index contributed by atoms with van der Waals surface area (Å²) in [4.78, 5) is 16.6. The van der Waals surface area contributed by atoms with Crippen molar-refractivity contribution in [1.29, 1.82) is 0 Å². The Balaban J connectivity index is 1.38. The summed E-state index contributed by atoms with van der Waals surface area (Å²) >= 11 is 0. The minimum absolute atomic E-state index is 0.100. The van der Waals surface area contributed by atoms with Crippen LogP contribution < -0.4 is 15.1 Å². The molecule has 1 saturated heterocycles. The minimum atomic E-state index is -0.526. The van der Waals surface area contributed by atoms with Crippen LogP contribution in [0.3, 0.4) is 0 Å². The molecule has 8 heteroatoms. The van der Waals surface area contributed by atoms with E-state index in [4.69, 9.17) is 9.57 Å². The third kappa shape index (κ3) is 6.01. The van der Waals surface area contributed by atoms with Gasteiger partial charge in [-0.1, -0.05) is 44.2 Å². The van der Waals surface area contributed by atoms with Crippen LogP contribution in [0.2, 0.25) is 0 Å². The highest BCUT2D eigenvalue weighted by atomic mass is 19.1. The molecule has 3 aromatic rings. The predicted octanol–water partition coefficient (Wildman–Crippen LogP) is 5.35. The van der Waals surface area contributed by atoms with Crippen molar-refractivity contribution in [3.63, 3.8) is 0 Å². The van der Waals surface area contributed by atoms with Gasteiger partial charge in [-0.15, -0.1) is 0 Å². The van der Waals surface area contributed by atoms with E-state index in [1.54, 1.807) is 5.06 Å². The number of nitrogens with zero attached hydrogens (tertiary/aromatic N) is 4. The molecule has 4 rings (SSSR count). The van der Waals surface area contributed by atoms with Crippen molar-refractivity contribution in [1.82, 2.24) is 14.9 Å². The Kier molecular flexibility index (Phi) is 8.27. The zero-order chi connectivity index (χ0) is 23.8. The van der Waals surface area contributed by atoms with Crippen molar-refractivity contribution in [3.8, 4) is 5.75 Å². The van der Waals surface area contributed by atoms with Crippen molar-refractivity contribution in [3.05, 3.63) is 72.2 Å². The Bertz CT molecular complexity index is 1030. The van der Waals surface area contributed by atoms with Gasteiger partial charge < -0.3 is 15.0 Å². The normalized spacial score (nSPS) is 15.6. The van der Waals surface area contributed by atoms with E-state index in [9.17, 15) is 4.39 Å². The van der Waals surface area contributed by atoms with Crippen molar-refractivity contribution in [2.75, 3.05) is 43.2 Å². The van der Waals surface area contributed by atoms with Gasteiger partial charge in [0.25, 0.3) is 0 Å². The van der Waals surface area contributed by atoms with Crippen LogP contribution in [0.25, 0.3) is 0 Å². The highest BCUT2D eigenvalue weighted by Gasteiger charge is 2.31. The Morgan fingerprint density at radius 3 is 2.62 bits per heavy atom. The van der Waals surface area contributed by atoms with Gasteiger partial charge in [0.1, 0.15) is 5.75 Å². The van der Waals surface area contributed by atoms with E-state index in [1.165, 1.54) is 6.20 Å². The van der Waals surface area contributed by atoms with Crippen LogP contribution in [-0.4, -0.2) is 47.7 Å². The zero-order valence-electron chi connectivity index (χ0n) is 19.8. The molecule has 1 unspecified atom stereocenters. The molecule has 1 aliphatic heterocycles. The van der Waals surface area contributed by atoms with Gasteiger partial charge in [-0.3, -0.25) is 4.84 Å². The van der Waals surface area contributed by atoms with Crippen LogP contribution in [0.5, 0.6) is 5.75 Å². The number of rotatable bonds is 11. The highest BCUT2D eigenvalue weighted by Crippen LogP contribution is 2.35. The van der Waals surface area contributed by atoms with E-state index in [-0.39, 0.29) is 11.9 Å². The molecule has 0 radical (unpaired) electrons. The van der Waals surface area contributed by atoms with E-state index in [0.717, 1.165) is 49.5 Å². The predicted molar refractivity (Wildman–Crippen MR) is 132 cm³/mol. The van der Waals surface area contributed by atoms with E-state index >= 15 is 0 Å². The Morgan fingerprint density at radius 2 is 1.88 bits per heavy atom. The maximum absolute atomic E-state index is 14.7. The summed E-state index contributed by atoms with van der Waals surface area (Å²) in [5, 5.41) is 4.69. The van der Waals surface area contributed by atoms with Crippen LogP contribution >= 0.6 is 0 Å². The molecule has 34 heavy (non-hydrogen) atoms. The van der Waals surface area contributed by atoms with E-state index in [0.29, 0.717) is 19.2 Å². The highest BCUT2D eigenvalue weighted by molar-refractivity contribution is 5.56. The summed E-state index contributed by atoms with van der Waals surface area (Å²) in [5.74, 6) is 0.701. The van der Waals surface area contributed by atoms with Gasteiger partial charge in [0.05, 0.1) is 25.5 Å². The Hall–Kier alpha value is -3.23. The van der Waals surface area contributed by atoms with Crippen LogP contribution in [0, 0.1) is 5.82 Å². The lowest BCUT2D eigenvalue weighted by molar-refractivity contribution is 0.154. The van der Waals surface area contributed by atoms with Crippen LogP contribution in [0.4, 0.5) is 21.8 Å². The second-order valence-electron chi connectivity index (χ2n) is 8.12. The van der Waals surface area contributed by atoms with Crippen molar-refractivity contribution in [2.45, 2.75) is 32.7 Å². The SMILES string of the molecule is CCN(CC)CCCOc1ccc(Nc2ncc(F)c(N3OCCC3c3ccccc3)n2)cc1. The number of benzene rings is 2. The molecule has 2 aromatic carbocycles. The monoisotopic (exact) mass is 465 g/mol. The first-order valence-electron chi connectivity index (χ1n) is 11.9. The smallest absolute Gasteiger partial charge is 0.229 e. The maximum Gasteiger partial charge on any atom is 0.229 e. The lowest BCUT2D eigenvalue weighted by Gasteiger charge is -2.24. The van der Waals surface area contributed by atoms with Gasteiger partial charge >= 0.3 is 0 Å². The molecule has 7 nitrogen and oxygen atoms in total. The Labute approximate surface area is 200 Å². The third-order valence-corrected chi connectivity index (χ3v) is 5.92. The van der Waals surface area contributed by atoms with Crippen LogP contribution in [-0.2, 0) is 4.84 Å². The van der Waals surface area contributed by atoms with Gasteiger partial charge in [0.15, 0.2) is 11.6 Å². The average Bonchev–Trinajstić information content (AvgIpc) is 3.37. The van der Waals surface area contributed by atoms with Crippen molar-refractivity contribution < 1.29 is 14.0 Å². The standard InChI is InChI=1S/C26H32FN5O2/c1-3-31(4-2)16-8-17-33-22-13-11-21(12-14-22)29-26-28-19-23(27)25(30-26)32-24(15-18-34-32)20-9-6-5-7-10-20/h5-7,9-14,19,24H,3-4,8,15-18H2,1-2H3,(H,28,29,30). The van der Waals surface area contributed by atoms with Gasteiger partial charge in [-0.2, -0.15) is 4.98 Å². The number of hydrogen-bond acceptors (Lipinski definition) is 7. The van der Waals surface area contributed by atoms with Crippen molar-refractivity contribution >= 4 is 17.5 Å². The summed E-state index contributed by atoms with van der Waals surface area (Å²) in [6.07, 6.45) is 2.91. The zero-order valence-corrected chi connectivity index (χ0v) is 19.8. The summed E-state index contributed by atoms with van der Waals surface area (Å²) in [5.41, 5.74) is 1.84. The summed E-state index contributed by atoms with van der Waals surface area (Å²) < 4.78 is 20.5. The number of ether oxygens (including phenoxy) is 1. The third-order valence-electron chi connectivity index (χ3n) is 5.92. The largest absolute Gasteiger partial charge is 0.494 e. The second kappa shape index (κ2) is 11.8. The molecule has 0 bridgehead atoms. The summed E-state index contributed by atoms with van der Waals surface area (Å²) in [6, 6.07) is 17.4. The molecule has 0 amide bonds. The van der Waals surface area contributed by atoms with E-state index in [2.05, 4.69) is 34.0 Å². The Morgan fingerprint density at radius 1 is 1.12 bits per heavy atom. The molecular formula is C26H32FN5O2. The van der Waals surface area contributed by atoms with Crippen molar-refractivity contribution in [2.24, 2.45) is 0 Å². The summed E-state index contributed by atoms with van der Waals surface area (Å²) in [7, 11) is 0. The molecule has 1 fully saturated rings. The topological polar surface area (TPSA) is 62.8 Å². The van der Waals surface area contributed by atoms with Gasteiger partial charge in [0.2, 0.25) is 5.95 Å². The van der Waals surface area contributed by atoms with E-state index < -0.39 is 5.82 Å². The fraction of sp³-hybridized carbons (Fsp3) is 0.385. The molecule has 180 valence electrons. The first-order valence-corrected chi connectivity index (χ1v) is 11.9. The lowest BCUT2D eigenvalue weighted by Crippen LogP contribution is -2.25. The number of hydroxylamine groups is 1. The number of halogens is 1. The van der Waals surface area contributed by atoms with Gasteiger partial charge in [-0.25, -0.2) is 14.4 Å². The quantitative estimate of drug-likeness (QED) is 0.383. The molecule has 2 heterocycles. The van der Waals surface area contributed by atoms with Crippen LogP contribution in [0.1, 0.15) is 38.3 Å². The minimum Gasteiger partial charge on any atom is -0.494 e. The molecule has 0 saturated carbocycles. The molecule has 1 aliphatic rings. The fourth-order valence-electron chi connectivity index (χ4n) is 4.01. The number of aromatic nitrogens is 2. The molecule has 1 N–H and O–H groups in total. The lowest BCUT2D eigenvalue weighted by atomic mass is 10.0. The average molecular weight is 466 g/mol. The molecule has 0 spiro atoms. The van der Waals surface area contributed by atoms with E-state index in [1.807, 2.05) is 54.6 Å². The first kappa shape index (κ1) is 23.9. The molecule has 0 aliphatic carbocycles. The second-order valence-corrected chi connectivity index (χ2v) is 8.12. The maximum atomic E-state index is 14.7. The number of nitrogens with one attached hydrogen (secondary N) is 1. The van der Waals surface area contributed by atoms with Gasteiger partial charge in [0, 0.05) is 18.7 Å². The van der Waals surface area contributed by atoms with Crippen LogP contribution in [0.15, 0.2) is 60.8 Å². The number of anilines is 3. The molecular weight excluding hydrogens is 433 g/mol. The number of hydrogen-bond donors (Lipinski definition) is 1. The molecule has 1 aromatic heterocycles. The van der Waals surface area contributed by atoms with Gasteiger partial charge in [-0.05, 0) is 49.3 Å². The summed E-state index contributed by atoms with van der Waals surface area (Å²) in [6.45, 7) is 8.66. The first-order chi connectivity index (χ1) is 16.7.